The summed E-state index contributed by atoms with van der Waals surface area (Å²) in [7, 11) is -3.63. The molecule has 2 aromatic carbocycles. The SMILES string of the molecule is CCC(NS(=O)(=O)c1ccc(C#N)cc1)c1ccc(Br)cc1. The molecule has 6 heteroatoms. The zero-order valence-corrected chi connectivity index (χ0v) is 14.4. The van der Waals surface area contributed by atoms with Gasteiger partial charge in [0.2, 0.25) is 10.0 Å². The summed E-state index contributed by atoms with van der Waals surface area (Å²) in [5.41, 5.74) is 1.34. The smallest absolute Gasteiger partial charge is 0.207 e. The number of hydrogen-bond acceptors (Lipinski definition) is 3. The van der Waals surface area contributed by atoms with Crippen LogP contribution >= 0.6 is 15.9 Å². The van der Waals surface area contributed by atoms with Crippen LogP contribution in [0.5, 0.6) is 0 Å². The fourth-order valence-corrected chi connectivity index (χ4v) is 3.62. The highest BCUT2D eigenvalue weighted by molar-refractivity contribution is 9.10. The molecule has 0 amide bonds. The van der Waals surface area contributed by atoms with E-state index >= 15 is 0 Å². The van der Waals surface area contributed by atoms with Gasteiger partial charge in [-0.1, -0.05) is 35.0 Å². The molecule has 114 valence electrons. The highest BCUT2D eigenvalue weighted by Gasteiger charge is 2.20. The predicted octanol–water partition coefficient (Wildman–Crippen LogP) is 3.75. The number of rotatable bonds is 5. The highest BCUT2D eigenvalue weighted by atomic mass is 79.9. The van der Waals surface area contributed by atoms with E-state index in [2.05, 4.69) is 20.7 Å². The van der Waals surface area contributed by atoms with Gasteiger partial charge in [-0.25, -0.2) is 13.1 Å². The molecule has 1 N–H and O–H groups in total. The molecule has 0 spiro atoms. The van der Waals surface area contributed by atoms with E-state index in [9.17, 15) is 8.42 Å². The Morgan fingerprint density at radius 1 is 1.14 bits per heavy atom. The van der Waals surface area contributed by atoms with Crippen LogP contribution < -0.4 is 4.72 Å². The molecule has 0 aliphatic carbocycles. The summed E-state index contributed by atoms with van der Waals surface area (Å²) in [4.78, 5) is 0.155. The van der Waals surface area contributed by atoms with Crippen LogP contribution in [0.15, 0.2) is 57.9 Å². The second kappa shape index (κ2) is 7.05. The molecule has 1 atom stereocenters. The molecule has 1 unspecified atom stereocenters. The van der Waals surface area contributed by atoms with E-state index in [4.69, 9.17) is 5.26 Å². The average molecular weight is 379 g/mol. The zero-order chi connectivity index (χ0) is 16.2. The Morgan fingerprint density at radius 2 is 1.73 bits per heavy atom. The van der Waals surface area contributed by atoms with Crippen molar-refractivity contribution in [2.75, 3.05) is 0 Å². The van der Waals surface area contributed by atoms with Gasteiger partial charge in [-0.05, 0) is 48.4 Å². The summed E-state index contributed by atoms with van der Waals surface area (Å²) in [6.07, 6.45) is 0.636. The Labute approximate surface area is 139 Å². The van der Waals surface area contributed by atoms with Crippen molar-refractivity contribution in [3.8, 4) is 6.07 Å². The summed E-state index contributed by atoms with van der Waals surface area (Å²) in [5, 5.41) is 8.77. The molecule has 0 aromatic heterocycles. The maximum absolute atomic E-state index is 12.4. The van der Waals surface area contributed by atoms with E-state index < -0.39 is 10.0 Å². The van der Waals surface area contributed by atoms with Crippen molar-refractivity contribution in [1.29, 1.82) is 5.26 Å². The van der Waals surface area contributed by atoms with E-state index in [0.717, 1.165) is 10.0 Å². The second-order valence-corrected chi connectivity index (χ2v) is 7.40. The van der Waals surface area contributed by atoms with Gasteiger partial charge in [0, 0.05) is 10.5 Å². The minimum atomic E-state index is -3.63. The first-order chi connectivity index (χ1) is 10.5. The average Bonchev–Trinajstić information content (AvgIpc) is 2.53. The molecule has 0 aliphatic heterocycles. The standard InChI is InChI=1S/C16H15BrN2O2S/c1-2-16(13-5-7-14(17)8-6-13)19-22(20,21)15-9-3-12(11-18)4-10-15/h3-10,16,19H,2H2,1H3. The topological polar surface area (TPSA) is 70.0 Å². The zero-order valence-electron chi connectivity index (χ0n) is 12.0. The predicted molar refractivity (Wildman–Crippen MR) is 88.7 cm³/mol. The normalized spacial score (nSPS) is 12.6. The maximum atomic E-state index is 12.4. The van der Waals surface area contributed by atoms with E-state index in [-0.39, 0.29) is 10.9 Å². The van der Waals surface area contributed by atoms with Crippen molar-refractivity contribution in [2.45, 2.75) is 24.3 Å². The third-order valence-electron chi connectivity index (χ3n) is 3.27. The van der Waals surface area contributed by atoms with Crippen molar-refractivity contribution in [3.05, 3.63) is 64.1 Å². The van der Waals surface area contributed by atoms with Gasteiger partial charge >= 0.3 is 0 Å². The lowest BCUT2D eigenvalue weighted by Gasteiger charge is -2.17. The first-order valence-electron chi connectivity index (χ1n) is 6.74. The van der Waals surface area contributed by atoms with Crippen LogP contribution in [0.2, 0.25) is 0 Å². The highest BCUT2D eigenvalue weighted by Crippen LogP contribution is 2.22. The molecular weight excluding hydrogens is 364 g/mol. The lowest BCUT2D eigenvalue weighted by Crippen LogP contribution is -2.28. The van der Waals surface area contributed by atoms with Crippen molar-refractivity contribution >= 4 is 26.0 Å². The van der Waals surface area contributed by atoms with Crippen LogP contribution in [0.1, 0.15) is 30.5 Å². The molecule has 2 rings (SSSR count). The number of sulfonamides is 1. The van der Waals surface area contributed by atoms with Crippen molar-refractivity contribution in [2.24, 2.45) is 0 Å². The Kier molecular flexibility index (Phi) is 5.35. The minimum Gasteiger partial charge on any atom is -0.207 e. The molecule has 0 radical (unpaired) electrons. The molecule has 0 saturated carbocycles. The largest absolute Gasteiger partial charge is 0.241 e. The van der Waals surface area contributed by atoms with Gasteiger partial charge in [0.1, 0.15) is 0 Å². The summed E-state index contributed by atoms with van der Waals surface area (Å²) in [6, 6.07) is 15.1. The van der Waals surface area contributed by atoms with Crippen molar-refractivity contribution < 1.29 is 8.42 Å². The Morgan fingerprint density at radius 3 is 2.23 bits per heavy atom. The number of nitriles is 1. The van der Waals surface area contributed by atoms with Crippen LogP contribution in [0.4, 0.5) is 0 Å². The van der Waals surface area contributed by atoms with Crippen LogP contribution in [-0.2, 0) is 10.0 Å². The number of nitrogens with zero attached hydrogens (tertiary/aromatic N) is 1. The first kappa shape index (κ1) is 16.7. The monoisotopic (exact) mass is 378 g/mol. The van der Waals surface area contributed by atoms with E-state index in [1.165, 1.54) is 24.3 Å². The fraction of sp³-hybridized carbons (Fsp3) is 0.188. The molecule has 0 saturated heterocycles. The summed E-state index contributed by atoms with van der Waals surface area (Å²) >= 11 is 3.36. The van der Waals surface area contributed by atoms with Gasteiger partial charge in [-0.3, -0.25) is 0 Å². The number of nitrogens with one attached hydrogen (secondary N) is 1. The van der Waals surface area contributed by atoms with Gasteiger partial charge in [0.15, 0.2) is 0 Å². The van der Waals surface area contributed by atoms with Gasteiger partial charge < -0.3 is 0 Å². The van der Waals surface area contributed by atoms with E-state index in [1.807, 2.05) is 37.3 Å². The second-order valence-electron chi connectivity index (χ2n) is 4.77. The van der Waals surface area contributed by atoms with Crippen molar-refractivity contribution in [1.82, 2.24) is 4.72 Å². The van der Waals surface area contributed by atoms with Gasteiger partial charge in [-0.15, -0.1) is 0 Å². The summed E-state index contributed by atoms with van der Waals surface area (Å²) < 4.78 is 28.5. The maximum Gasteiger partial charge on any atom is 0.241 e. The van der Waals surface area contributed by atoms with Crippen molar-refractivity contribution in [3.63, 3.8) is 0 Å². The summed E-state index contributed by atoms with van der Waals surface area (Å²) in [6.45, 7) is 1.92. The quantitative estimate of drug-likeness (QED) is 0.860. The lowest BCUT2D eigenvalue weighted by molar-refractivity contribution is 0.550. The van der Waals surface area contributed by atoms with Gasteiger partial charge in [-0.2, -0.15) is 5.26 Å². The third-order valence-corrected chi connectivity index (χ3v) is 5.29. The number of hydrogen-bond donors (Lipinski definition) is 1. The molecule has 22 heavy (non-hydrogen) atoms. The fourth-order valence-electron chi connectivity index (χ4n) is 2.05. The Balaban J connectivity index is 2.25. The van der Waals surface area contributed by atoms with E-state index in [1.54, 1.807) is 0 Å². The molecule has 4 nitrogen and oxygen atoms in total. The Hall–Kier alpha value is -1.68. The molecular formula is C16H15BrN2O2S. The summed E-state index contributed by atoms with van der Waals surface area (Å²) in [5.74, 6) is 0. The van der Waals surface area contributed by atoms with Crippen LogP contribution in [0.25, 0.3) is 0 Å². The molecule has 2 aromatic rings. The minimum absolute atomic E-state index is 0.155. The first-order valence-corrected chi connectivity index (χ1v) is 9.02. The lowest BCUT2D eigenvalue weighted by atomic mass is 10.1. The molecule has 0 fully saturated rings. The molecule has 0 bridgehead atoms. The van der Waals surface area contributed by atoms with Crippen LogP contribution in [-0.4, -0.2) is 8.42 Å². The van der Waals surface area contributed by atoms with E-state index in [0.29, 0.717) is 12.0 Å². The molecule has 0 aliphatic rings. The van der Waals surface area contributed by atoms with Crippen LogP contribution in [0, 0.1) is 11.3 Å². The van der Waals surface area contributed by atoms with Gasteiger partial charge in [0.05, 0.1) is 16.5 Å². The Bertz CT molecular complexity index is 778. The third kappa shape index (κ3) is 3.95. The number of benzene rings is 2. The van der Waals surface area contributed by atoms with Crippen LogP contribution in [0.3, 0.4) is 0 Å². The molecule has 0 heterocycles. The van der Waals surface area contributed by atoms with Gasteiger partial charge in [0.25, 0.3) is 0 Å². The number of halogens is 1.